The largest absolute Gasteiger partial charge is 0.314 e. The standard InChI is InChI=1S/C18H27NO/c1-14-9-15(2)11-16(10-14)12-17(20)13-18(19-3)7-5-4-6-8-18/h9-11,19H,4-8,12-13H2,1-3H3. The van der Waals surface area contributed by atoms with E-state index < -0.39 is 0 Å². The first-order valence-corrected chi connectivity index (χ1v) is 7.81. The first kappa shape index (κ1) is 15.2. The van der Waals surface area contributed by atoms with Gasteiger partial charge in [-0.15, -0.1) is 0 Å². The number of carbonyl (C=O) groups is 1. The van der Waals surface area contributed by atoms with Crippen molar-refractivity contribution in [3.63, 3.8) is 0 Å². The Bertz CT molecular complexity index is 452. The Labute approximate surface area is 123 Å². The first-order chi connectivity index (χ1) is 9.53. The van der Waals surface area contributed by atoms with Crippen LogP contribution in [0.4, 0.5) is 0 Å². The van der Waals surface area contributed by atoms with E-state index in [1.807, 2.05) is 7.05 Å². The summed E-state index contributed by atoms with van der Waals surface area (Å²) >= 11 is 0. The SMILES string of the molecule is CNC1(CC(=O)Cc2cc(C)cc(C)c2)CCCCC1. The van der Waals surface area contributed by atoms with E-state index in [9.17, 15) is 4.79 Å². The first-order valence-electron chi connectivity index (χ1n) is 7.81. The van der Waals surface area contributed by atoms with Crippen LogP contribution in [0.5, 0.6) is 0 Å². The summed E-state index contributed by atoms with van der Waals surface area (Å²) < 4.78 is 0. The second kappa shape index (κ2) is 6.53. The minimum Gasteiger partial charge on any atom is -0.314 e. The van der Waals surface area contributed by atoms with Crippen LogP contribution in [-0.2, 0) is 11.2 Å². The predicted molar refractivity (Wildman–Crippen MR) is 84.1 cm³/mol. The molecule has 1 saturated carbocycles. The number of nitrogens with one attached hydrogen (secondary N) is 1. The fraction of sp³-hybridized carbons (Fsp3) is 0.611. The van der Waals surface area contributed by atoms with Crippen molar-refractivity contribution in [2.24, 2.45) is 0 Å². The van der Waals surface area contributed by atoms with Crippen molar-refractivity contribution in [1.82, 2.24) is 5.32 Å². The molecule has 1 aliphatic carbocycles. The highest BCUT2D eigenvalue weighted by atomic mass is 16.1. The number of aryl methyl sites for hydroxylation is 2. The quantitative estimate of drug-likeness (QED) is 0.885. The van der Waals surface area contributed by atoms with E-state index in [1.165, 1.54) is 30.4 Å². The Morgan fingerprint density at radius 1 is 1.10 bits per heavy atom. The van der Waals surface area contributed by atoms with Gasteiger partial charge in [0.2, 0.25) is 0 Å². The van der Waals surface area contributed by atoms with Gasteiger partial charge in [0.25, 0.3) is 0 Å². The van der Waals surface area contributed by atoms with Gasteiger partial charge in [-0.25, -0.2) is 0 Å². The molecule has 1 aliphatic rings. The topological polar surface area (TPSA) is 29.1 Å². The lowest BCUT2D eigenvalue weighted by molar-refractivity contribution is -0.120. The molecular weight excluding hydrogens is 246 g/mol. The van der Waals surface area contributed by atoms with Crippen molar-refractivity contribution in [3.8, 4) is 0 Å². The van der Waals surface area contributed by atoms with E-state index in [0.29, 0.717) is 18.6 Å². The van der Waals surface area contributed by atoms with Crippen molar-refractivity contribution >= 4 is 5.78 Å². The molecule has 0 radical (unpaired) electrons. The molecule has 0 atom stereocenters. The van der Waals surface area contributed by atoms with Gasteiger partial charge in [-0.2, -0.15) is 0 Å². The van der Waals surface area contributed by atoms with Crippen molar-refractivity contribution in [1.29, 1.82) is 0 Å². The number of hydrogen-bond acceptors (Lipinski definition) is 2. The zero-order valence-corrected chi connectivity index (χ0v) is 13.1. The molecule has 0 heterocycles. The van der Waals surface area contributed by atoms with Gasteiger partial charge in [0.15, 0.2) is 0 Å². The monoisotopic (exact) mass is 273 g/mol. The molecule has 1 N–H and O–H groups in total. The smallest absolute Gasteiger partial charge is 0.139 e. The van der Waals surface area contributed by atoms with Crippen LogP contribution in [0.1, 0.15) is 55.2 Å². The maximum atomic E-state index is 12.4. The molecular formula is C18H27NO. The lowest BCUT2D eigenvalue weighted by atomic mass is 9.77. The van der Waals surface area contributed by atoms with Gasteiger partial charge in [0.1, 0.15) is 5.78 Å². The van der Waals surface area contributed by atoms with Gasteiger partial charge in [0, 0.05) is 18.4 Å². The molecule has 1 aromatic rings. The van der Waals surface area contributed by atoms with Crippen molar-refractivity contribution in [2.75, 3.05) is 7.05 Å². The molecule has 110 valence electrons. The second-order valence-corrected chi connectivity index (χ2v) is 6.48. The van der Waals surface area contributed by atoms with Crippen molar-refractivity contribution in [2.45, 2.75) is 64.3 Å². The number of ketones is 1. The van der Waals surface area contributed by atoms with Crippen LogP contribution in [0.2, 0.25) is 0 Å². The van der Waals surface area contributed by atoms with Crippen molar-refractivity contribution in [3.05, 3.63) is 34.9 Å². The highest BCUT2D eigenvalue weighted by Gasteiger charge is 2.32. The van der Waals surface area contributed by atoms with Gasteiger partial charge in [-0.05, 0) is 39.3 Å². The summed E-state index contributed by atoms with van der Waals surface area (Å²) in [5.74, 6) is 0.367. The van der Waals surface area contributed by atoms with Crippen LogP contribution in [0, 0.1) is 13.8 Å². The van der Waals surface area contributed by atoms with E-state index in [0.717, 1.165) is 18.4 Å². The normalized spacial score (nSPS) is 17.9. The van der Waals surface area contributed by atoms with E-state index >= 15 is 0 Å². The number of hydrogen-bond donors (Lipinski definition) is 1. The summed E-state index contributed by atoms with van der Waals surface area (Å²) in [7, 11) is 2.01. The third kappa shape index (κ3) is 3.92. The van der Waals surface area contributed by atoms with Crippen LogP contribution < -0.4 is 5.32 Å². The lowest BCUT2D eigenvalue weighted by Gasteiger charge is -2.36. The highest BCUT2D eigenvalue weighted by Crippen LogP contribution is 2.31. The van der Waals surface area contributed by atoms with E-state index in [4.69, 9.17) is 0 Å². The van der Waals surface area contributed by atoms with Gasteiger partial charge >= 0.3 is 0 Å². The molecule has 0 unspecified atom stereocenters. The summed E-state index contributed by atoms with van der Waals surface area (Å²) in [4.78, 5) is 12.4. The molecule has 2 heteroatoms. The molecule has 0 aliphatic heterocycles. The number of carbonyl (C=O) groups excluding carboxylic acids is 1. The fourth-order valence-corrected chi connectivity index (χ4v) is 3.58. The minimum atomic E-state index is 0.0637. The Morgan fingerprint density at radius 3 is 2.25 bits per heavy atom. The van der Waals surface area contributed by atoms with Gasteiger partial charge in [0.05, 0.1) is 0 Å². The van der Waals surface area contributed by atoms with Crippen LogP contribution in [-0.4, -0.2) is 18.4 Å². The summed E-state index contributed by atoms with van der Waals surface area (Å²) in [5.41, 5.74) is 3.71. The number of Topliss-reactive ketones (excluding diaryl/α,β-unsaturated/α-hetero) is 1. The Morgan fingerprint density at radius 2 is 1.70 bits per heavy atom. The summed E-state index contributed by atoms with van der Waals surface area (Å²) in [5, 5.41) is 3.44. The lowest BCUT2D eigenvalue weighted by Crippen LogP contribution is -2.46. The number of rotatable bonds is 5. The van der Waals surface area contributed by atoms with Gasteiger partial charge in [-0.1, -0.05) is 48.6 Å². The molecule has 0 saturated heterocycles. The Hall–Kier alpha value is -1.15. The van der Waals surface area contributed by atoms with E-state index in [-0.39, 0.29) is 5.54 Å². The molecule has 0 amide bonds. The molecule has 1 aromatic carbocycles. The average Bonchev–Trinajstić information content (AvgIpc) is 2.38. The van der Waals surface area contributed by atoms with Crippen molar-refractivity contribution < 1.29 is 4.79 Å². The Kier molecular flexibility index (Phi) is 4.98. The van der Waals surface area contributed by atoms with E-state index in [2.05, 4.69) is 37.4 Å². The third-order valence-corrected chi connectivity index (χ3v) is 4.56. The zero-order chi connectivity index (χ0) is 14.6. The Balaban J connectivity index is 2.00. The van der Waals surface area contributed by atoms with Crippen LogP contribution in [0.15, 0.2) is 18.2 Å². The molecule has 0 spiro atoms. The molecule has 0 bridgehead atoms. The van der Waals surface area contributed by atoms with Crippen LogP contribution in [0.3, 0.4) is 0 Å². The second-order valence-electron chi connectivity index (χ2n) is 6.48. The zero-order valence-electron chi connectivity index (χ0n) is 13.1. The summed E-state index contributed by atoms with van der Waals surface area (Å²) in [6, 6.07) is 6.43. The predicted octanol–water partition coefficient (Wildman–Crippen LogP) is 3.73. The fourth-order valence-electron chi connectivity index (χ4n) is 3.58. The molecule has 2 rings (SSSR count). The molecule has 2 nitrogen and oxygen atoms in total. The van der Waals surface area contributed by atoms with Crippen LogP contribution in [0.25, 0.3) is 0 Å². The molecule has 1 fully saturated rings. The maximum Gasteiger partial charge on any atom is 0.139 e. The van der Waals surface area contributed by atoms with Gasteiger partial charge in [-0.3, -0.25) is 4.79 Å². The minimum absolute atomic E-state index is 0.0637. The van der Waals surface area contributed by atoms with Crippen LogP contribution >= 0.6 is 0 Å². The number of benzene rings is 1. The summed E-state index contributed by atoms with van der Waals surface area (Å²) in [6.45, 7) is 4.19. The maximum absolute atomic E-state index is 12.4. The third-order valence-electron chi connectivity index (χ3n) is 4.56. The molecule has 20 heavy (non-hydrogen) atoms. The van der Waals surface area contributed by atoms with E-state index in [1.54, 1.807) is 0 Å². The average molecular weight is 273 g/mol. The molecule has 0 aromatic heterocycles. The van der Waals surface area contributed by atoms with Gasteiger partial charge < -0.3 is 5.32 Å². The summed E-state index contributed by atoms with van der Waals surface area (Å²) in [6.07, 6.45) is 7.34. The highest BCUT2D eigenvalue weighted by molar-refractivity contribution is 5.82.